The molecule has 6 nitrogen and oxygen atoms in total. The van der Waals surface area contributed by atoms with Crippen molar-refractivity contribution in [2.45, 2.75) is 20.3 Å². The van der Waals surface area contributed by atoms with Crippen molar-refractivity contribution in [3.63, 3.8) is 0 Å². The fourth-order valence-electron chi connectivity index (χ4n) is 2.62. The molecule has 0 aromatic heterocycles. The lowest BCUT2D eigenvalue weighted by Crippen LogP contribution is -2.40. The molecule has 2 aromatic carbocycles. The van der Waals surface area contributed by atoms with Crippen LogP contribution < -0.4 is 15.0 Å². The Morgan fingerprint density at radius 3 is 2.33 bits per heavy atom. The van der Waals surface area contributed by atoms with Gasteiger partial charge in [0.2, 0.25) is 11.8 Å². The molecule has 0 atom stereocenters. The van der Waals surface area contributed by atoms with E-state index in [-0.39, 0.29) is 24.1 Å². The van der Waals surface area contributed by atoms with E-state index in [2.05, 4.69) is 5.32 Å². The summed E-state index contributed by atoms with van der Waals surface area (Å²) in [5, 5.41) is 2.82. The zero-order valence-electron chi connectivity index (χ0n) is 15.8. The molecule has 2 rings (SSSR count). The van der Waals surface area contributed by atoms with Crippen molar-refractivity contribution in [3.05, 3.63) is 59.7 Å². The number of carbonyl (C=O) groups excluding carboxylic acids is 3. The first-order valence-corrected chi connectivity index (χ1v) is 8.69. The zero-order valence-corrected chi connectivity index (χ0v) is 15.8. The van der Waals surface area contributed by atoms with Crippen molar-refractivity contribution in [1.29, 1.82) is 0 Å². The van der Waals surface area contributed by atoms with Gasteiger partial charge in [0.15, 0.2) is 5.78 Å². The van der Waals surface area contributed by atoms with E-state index in [1.54, 1.807) is 31.4 Å². The van der Waals surface area contributed by atoms with Gasteiger partial charge in [-0.3, -0.25) is 14.4 Å². The Hall–Kier alpha value is -3.15. The topological polar surface area (TPSA) is 75.7 Å². The monoisotopic (exact) mass is 368 g/mol. The van der Waals surface area contributed by atoms with E-state index in [4.69, 9.17) is 4.74 Å². The van der Waals surface area contributed by atoms with Crippen molar-refractivity contribution in [2.24, 2.45) is 0 Å². The molecule has 0 bridgehead atoms. The van der Waals surface area contributed by atoms with Crippen LogP contribution in [0.3, 0.4) is 0 Å². The minimum atomic E-state index is -0.263. The number of Topliss-reactive ketones (excluding diaryl/α,β-unsaturated/α-hetero) is 1. The molecular formula is C21H24N2O4. The Morgan fingerprint density at radius 1 is 1.04 bits per heavy atom. The maximum Gasteiger partial charge on any atom is 0.240 e. The fourth-order valence-corrected chi connectivity index (χ4v) is 2.62. The fraction of sp³-hybridized carbons (Fsp3) is 0.286. The number of amides is 2. The van der Waals surface area contributed by atoms with E-state index < -0.39 is 0 Å². The molecule has 0 spiro atoms. The van der Waals surface area contributed by atoms with Gasteiger partial charge in [-0.1, -0.05) is 24.3 Å². The Balaban J connectivity index is 1.93. The summed E-state index contributed by atoms with van der Waals surface area (Å²) in [6.45, 7) is 3.22. The van der Waals surface area contributed by atoms with Crippen LogP contribution in [-0.4, -0.2) is 37.8 Å². The van der Waals surface area contributed by atoms with Crippen LogP contribution in [0, 0.1) is 0 Å². The average molecular weight is 368 g/mol. The quantitative estimate of drug-likeness (QED) is 0.727. The molecule has 6 heteroatoms. The van der Waals surface area contributed by atoms with Gasteiger partial charge in [-0.2, -0.15) is 0 Å². The van der Waals surface area contributed by atoms with Crippen LogP contribution in [-0.2, 0) is 16.0 Å². The zero-order chi connectivity index (χ0) is 19.8. The smallest absolute Gasteiger partial charge is 0.240 e. The molecule has 2 aromatic rings. The highest BCUT2D eigenvalue weighted by atomic mass is 16.5. The number of hydrogen-bond acceptors (Lipinski definition) is 4. The first-order chi connectivity index (χ1) is 12.9. The second kappa shape index (κ2) is 9.52. The third-order valence-corrected chi connectivity index (χ3v) is 4.14. The van der Waals surface area contributed by atoms with Crippen LogP contribution >= 0.6 is 0 Å². The van der Waals surface area contributed by atoms with Crippen LogP contribution in [0.5, 0.6) is 5.75 Å². The molecule has 0 unspecified atom stereocenters. The number of hydrogen-bond donors (Lipinski definition) is 1. The molecule has 0 saturated carbocycles. The molecular weight excluding hydrogens is 344 g/mol. The molecule has 0 aliphatic heterocycles. The lowest BCUT2D eigenvalue weighted by molar-refractivity contribution is -0.123. The normalized spacial score (nSPS) is 10.2. The number of anilines is 1. The van der Waals surface area contributed by atoms with Crippen LogP contribution in [0.4, 0.5) is 5.69 Å². The number of benzene rings is 2. The first-order valence-electron chi connectivity index (χ1n) is 8.69. The minimum Gasteiger partial charge on any atom is -0.497 e. The lowest BCUT2D eigenvalue weighted by Gasteiger charge is -2.21. The highest BCUT2D eigenvalue weighted by Gasteiger charge is 2.16. The average Bonchev–Trinajstić information content (AvgIpc) is 2.66. The third-order valence-electron chi connectivity index (χ3n) is 4.14. The summed E-state index contributed by atoms with van der Waals surface area (Å²) >= 11 is 0. The van der Waals surface area contributed by atoms with Gasteiger partial charge in [-0.15, -0.1) is 0 Å². The van der Waals surface area contributed by atoms with Gasteiger partial charge in [0.25, 0.3) is 0 Å². The largest absolute Gasteiger partial charge is 0.497 e. The maximum absolute atomic E-state index is 12.2. The molecule has 142 valence electrons. The Morgan fingerprint density at radius 2 is 1.74 bits per heavy atom. The highest BCUT2D eigenvalue weighted by molar-refractivity contribution is 6.00. The Labute approximate surface area is 159 Å². The summed E-state index contributed by atoms with van der Waals surface area (Å²) in [6, 6.07) is 14.3. The second-order valence-corrected chi connectivity index (χ2v) is 6.16. The van der Waals surface area contributed by atoms with Crippen molar-refractivity contribution in [2.75, 3.05) is 25.1 Å². The predicted molar refractivity (Wildman–Crippen MR) is 104 cm³/mol. The van der Waals surface area contributed by atoms with Crippen LogP contribution in [0.15, 0.2) is 48.5 Å². The van der Waals surface area contributed by atoms with E-state index in [0.717, 1.165) is 11.3 Å². The molecule has 2 amide bonds. The van der Waals surface area contributed by atoms with Gasteiger partial charge in [-0.25, -0.2) is 0 Å². The summed E-state index contributed by atoms with van der Waals surface area (Å²) < 4.78 is 5.11. The van der Waals surface area contributed by atoms with Crippen LogP contribution in [0.1, 0.15) is 29.8 Å². The van der Waals surface area contributed by atoms with Crippen molar-refractivity contribution < 1.29 is 19.1 Å². The summed E-state index contributed by atoms with van der Waals surface area (Å²) in [7, 11) is 1.61. The van der Waals surface area contributed by atoms with E-state index in [0.29, 0.717) is 24.2 Å². The van der Waals surface area contributed by atoms with Gasteiger partial charge in [0, 0.05) is 24.7 Å². The molecule has 0 fully saturated rings. The van der Waals surface area contributed by atoms with Gasteiger partial charge >= 0.3 is 0 Å². The van der Waals surface area contributed by atoms with Crippen LogP contribution in [0.2, 0.25) is 0 Å². The van der Waals surface area contributed by atoms with Crippen molar-refractivity contribution in [1.82, 2.24) is 5.32 Å². The van der Waals surface area contributed by atoms with Gasteiger partial charge in [0.1, 0.15) is 12.3 Å². The summed E-state index contributed by atoms with van der Waals surface area (Å²) in [4.78, 5) is 37.1. The van der Waals surface area contributed by atoms with E-state index >= 15 is 0 Å². The maximum atomic E-state index is 12.2. The van der Waals surface area contributed by atoms with Crippen LogP contribution in [0.25, 0.3) is 0 Å². The molecule has 0 aliphatic carbocycles. The number of carbonyl (C=O) groups is 3. The van der Waals surface area contributed by atoms with Crippen molar-refractivity contribution in [3.8, 4) is 5.75 Å². The number of methoxy groups -OCH3 is 1. The number of rotatable bonds is 8. The number of nitrogens with zero attached hydrogens (tertiary/aromatic N) is 1. The standard InChI is InChI=1S/C21H24N2O4/c1-15(24)18-5-4-6-19(13-18)23(16(2)25)14-21(26)22-12-11-17-7-9-20(27-3)10-8-17/h4-10,13H,11-12,14H2,1-3H3,(H,22,26). The first kappa shape index (κ1) is 20.2. The summed E-state index contributed by atoms with van der Waals surface area (Å²) in [6.07, 6.45) is 0.676. The molecule has 27 heavy (non-hydrogen) atoms. The molecule has 0 radical (unpaired) electrons. The number of ether oxygens (including phenoxy) is 1. The summed E-state index contributed by atoms with van der Waals surface area (Å²) in [5.74, 6) is 0.171. The SMILES string of the molecule is COc1ccc(CCNC(=O)CN(C(C)=O)c2cccc(C(C)=O)c2)cc1. The molecule has 0 aliphatic rings. The number of ketones is 1. The Bertz CT molecular complexity index is 815. The van der Waals surface area contributed by atoms with E-state index in [1.165, 1.54) is 18.7 Å². The van der Waals surface area contributed by atoms with Crippen molar-refractivity contribution >= 4 is 23.3 Å². The Kier molecular flexibility index (Phi) is 7.11. The summed E-state index contributed by atoms with van der Waals surface area (Å²) in [5.41, 5.74) is 2.10. The number of nitrogens with one attached hydrogen (secondary N) is 1. The van der Waals surface area contributed by atoms with Gasteiger partial charge in [-0.05, 0) is 43.2 Å². The highest BCUT2D eigenvalue weighted by Crippen LogP contribution is 2.17. The van der Waals surface area contributed by atoms with E-state index in [9.17, 15) is 14.4 Å². The predicted octanol–water partition coefficient (Wildman–Crippen LogP) is 2.61. The lowest BCUT2D eigenvalue weighted by atomic mass is 10.1. The molecule has 0 heterocycles. The van der Waals surface area contributed by atoms with E-state index in [1.807, 2.05) is 24.3 Å². The molecule has 1 N–H and O–H groups in total. The minimum absolute atomic E-state index is 0.0932. The van der Waals surface area contributed by atoms with Gasteiger partial charge in [0.05, 0.1) is 7.11 Å². The second-order valence-electron chi connectivity index (χ2n) is 6.16. The third kappa shape index (κ3) is 5.95. The molecule has 0 saturated heterocycles. The van der Waals surface area contributed by atoms with Gasteiger partial charge < -0.3 is 15.0 Å².